The minimum absolute atomic E-state index is 0.0238. The van der Waals surface area contributed by atoms with Crippen molar-refractivity contribution >= 4 is 11.8 Å². The Morgan fingerprint density at radius 1 is 1.36 bits per heavy atom. The molecule has 0 radical (unpaired) electrons. The number of carbonyl (C=O) groups excluding carboxylic acids is 1. The molecule has 3 heteroatoms. The fourth-order valence-electron chi connectivity index (χ4n) is 1.21. The Balaban J connectivity index is 2.44. The normalized spacial score (nSPS) is 28.6. The zero-order valence-corrected chi connectivity index (χ0v) is 6.70. The fourth-order valence-corrected chi connectivity index (χ4v) is 1.21. The van der Waals surface area contributed by atoms with Gasteiger partial charge in [-0.3, -0.25) is 9.59 Å². The van der Waals surface area contributed by atoms with Gasteiger partial charge in [0.25, 0.3) is 0 Å². The van der Waals surface area contributed by atoms with Crippen LogP contribution < -0.4 is 0 Å². The van der Waals surface area contributed by atoms with Crippen molar-refractivity contribution in [3.8, 4) is 0 Å². The Kier molecular flexibility index (Phi) is 1.98. The summed E-state index contributed by atoms with van der Waals surface area (Å²) in [6, 6.07) is 0. The van der Waals surface area contributed by atoms with Gasteiger partial charge in [-0.15, -0.1) is 0 Å². The minimum atomic E-state index is -0.830. The van der Waals surface area contributed by atoms with Crippen LogP contribution in [-0.2, 0) is 9.59 Å². The summed E-state index contributed by atoms with van der Waals surface area (Å²) in [6.07, 6.45) is 0.548. The second kappa shape index (κ2) is 2.64. The lowest BCUT2D eigenvalue weighted by molar-refractivity contribution is -0.140. The zero-order valence-electron chi connectivity index (χ0n) is 6.70. The van der Waals surface area contributed by atoms with Gasteiger partial charge in [-0.25, -0.2) is 0 Å². The molecule has 0 aromatic carbocycles. The Bertz CT molecular complexity index is 196. The number of ketones is 1. The molecule has 0 aliphatic heterocycles. The second-order valence-corrected chi connectivity index (χ2v) is 3.34. The number of carboxylic acid groups (broad SMARTS) is 1. The molecular weight excluding hydrogens is 144 g/mol. The second-order valence-electron chi connectivity index (χ2n) is 3.34. The van der Waals surface area contributed by atoms with Crippen LogP contribution in [0.5, 0.6) is 0 Å². The van der Waals surface area contributed by atoms with Crippen molar-refractivity contribution in [1.82, 2.24) is 0 Å². The summed E-state index contributed by atoms with van der Waals surface area (Å²) < 4.78 is 0. The average Bonchev–Trinajstić information content (AvgIpc) is 2.63. The highest BCUT2D eigenvalue weighted by atomic mass is 16.4. The Labute approximate surface area is 65.4 Å². The molecule has 1 aliphatic rings. The number of rotatable bonds is 3. The van der Waals surface area contributed by atoms with Crippen molar-refractivity contribution < 1.29 is 14.7 Å². The smallest absolute Gasteiger partial charge is 0.307 e. The summed E-state index contributed by atoms with van der Waals surface area (Å²) in [5.74, 6) is -1.33. The van der Waals surface area contributed by atoms with Gasteiger partial charge in [0.15, 0.2) is 0 Å². The van der Waals surface area contributed by atoms with Crippen LogP contribution in [0.15, 0.2) is 0 Å². The first-order valence-electron chi connectivity index (χ1n) is 3.80. The van der Waals surface area contributed by atoms with Crippen molar-refractivity contribution in [2.24, 2.45) is 17.8 Å². The molecule has 0 aromatic heterocycles. The molecule has 3 nitrogen and oxygen atoms in total. The first-order chi connectivity index (χ1) is 5.04. The van der Waals surface area contributed by atoms with Crippen LogP contribution in [0, 0.1) is 17.8 Å². The van der Waals surface area contributed by atoms with Gasteiger partial charge in [-0.2, -0.15) is 0 Å². The Morgan fingerprint density at radius 3 is 2.18 bits per heavy atom. The summed E-state index contributed by atoms with van der Waals surface area (Å²) in [6.45, 7) is 3.61. The first-order valence-corrected chi connectivity index (χ1v) is 3.80. The summed E-state index contributed by atoms with van der Waals surface area (Å²) in [5.41, 5.74) is 0. The highest BCUT2D eigenvalue weighted by Crippen LogP contribution is 2.40. The van der Waals surface area contributed by atoms with Gasteiger partial charge in [-0.1, -0.05) is 13.8 Å². The summed E-state index contributed by atoms with van der Waals surface area (Å²) in [5, 5.41) is 8.50. The van der Waals surface area contributed by atoms with Crippen molar-refractivity contribution in [3.05, 3.63) is 0 Å². The molecule has 1 fully saturated rings. The first kappa shape index (κ1) is 8.24. The molecule has 0 amide bonds. The predicted octanol–water partition coefficient (Wildman–Crippen LogP) is 0.932. The third-order valence-electron chi connectivity index (χ3n) is 2.04. The van der Waals surface area contributed by atoms with E-state index in [2.05, 4.69) is 0 Å². The largest absolute Gasteiger partial charge is 0.481 e. The molecule has 1 rings (SSSR count). The lowest BCUT2D eigenvalue weighted by Crippen LogP contribution is -2.13. The molecule has 0 saturated heterocycles. The summed E-state index contributed by atoms with van der Waals surface area (Å²) >= 11 is 0. The minimum Gasteiger partial charge on any atom is -0.481 e. The number of hydrogen-bond donors (Lipinski definition) is 1. The summed E-state index contributed by atoms with van der Waals surface area (Å²) in [7, 11) is 0. The highest BCUT2D eigenvalue weighted by Gasteiger charge is 2.48. The average molecular weight is 156 g/mol. The SMILES string of the molecule is CC(C)C(=O)[C@H]1C[C@H]1C(=O)O. The zero-order chi connectivity index (χ0) is 8.59. The standard InChI is InChI=1S/C8H12O3/c1-4(2)7(9)5-3-6(5)8(10)11/h4-6H,3H2,1-2H3,(H,10,11)/t5-,6+/m0/s1. The van der Waals surface area contributed by atoms with Crippen molar-refractivity contribution in [3.63, 3.8) is 0 Å². The van der Waals surface area contributed by atoms with E-state index in [1.165, 1.54) is 0 Å². The maximum Gasteiger partial charge on any atom is 0.307 e. The Hall–Kier alpha value is -0.860. The van der Waals surface area contributed by atoms with Crippen molar-refractivity contribution in [2.75, 3.05) is 0 Å². The quantitative estimate of drug-likeness (QED) is 0.661. The lowest BCUT2D eigenvalue weighted by Gasteiger charge is -1.99. The van der Waals surface area contributed by atoms with Crippen LogP contribution >= 0.6 is 0 Å². The number of Topliss-reactive ketones (excluding diaryl/α,β-unsaturated/α-hetero) is 1. The van der Waals surface area contributed by atoms with Gasteiger partial charge < -0.3 is 5.11 Å². The molecule has 11 heavy (non-hydrogen) atoms. The van der Waals surface area contributed by atoms with E-state index in [1.807, 2.05) is 0 Å². The number of aliphatic carboxylic acids is 1. The molecule has 0 spiro atoms. The molecular formula is C8H12O3. The van der Waals surface area contributed by atoms with Crippen LogP contribution in [-0.4, -0.2) is 16.9 Å². The molecule has 62 valence electrons. The highest BCUT2D eigenvalue weighted by molar-refractivity contribution is 5.91. The molecule has 1 saturated carbocycles. The van der Waals surface area contributed by atoms with E-state index in [0.717, 1.165) is 0 Å². The van der Waals surface area contributed by atoms with Crippen molar-refractivity contribution in [2.45, 2.75) is 20.3 Å². The van der Waals surface area contributed by atoms with Gasteiger partial charge in [0.05, 0.1) is 5.92 Å². The monoisotopic (exact) mass is 156 g/mol. The maximum atomic E-state index is 11.2. The molecule has 2 atom stereocenters. The van der Waals surface area contributed by atoms with Gasteiger partial charge >= 0.3 is 5.97 Å². The molecule has 0 bridgehead atoms. The van der Waals surface area contributed by atoms with E-state index in [9.17, 15) is 9.59 Å². The number of carboxylic acids is 1. The number of carbonyl (C=O) groups is 2. The van der Waals surface area contributed by atoms with E-state index in [0.29, 0.717) is 6.42 Å². The van der Waals surface area contributed by atoms with E-state index in [1.54, 1.807) is 13.8 Å². The third-order valence-corrected chi connectivity index (χ3v) is 2.04. The van der Waals surface area contributed by atoms with E-state index >= 15 is 0 Å². The van der Waals surface area contributed by atoms with Gasteiger partial charge in [0.2, 0.25) is 0 Å². The van der Waals surface area contributed by atoms with Gasteiger partial charge in [0, 0.05) is 11.8 Å². The predicted molar refractivity (Wildman–Crippen MR) is 39.1 cm³/mol. The van der Waals surface area contributed by atoms with Gasteiger partial charge in [-0.05, 0) is 6.42 Å². The summed E-state index contributed by atoms with van der Waals surface area (Å²) in [4.78, 5) is 21.5. The fraction of sp³-hybridized carbons (Fsp3) is 0.750. The van der Waals surface area contributed by atoms with E-state index in [-0.39, 0.29) is 23.5 Å². The molecule has 0 unspecified atom stereocenters. The third kappa shape index (κ3) is 1.59. The Morgan fingerprint density at radius 2 is 1.91 bits per heavy atom. The van der Waals surface area contributed by atoms with Crippen LogP contribution in [0.2, 0.25) is 0 Å². The van der Waals surface area contributed by atoms with E-state index < -0.39 is 5.97 Å². The number of hydrogen-bond acceptors (Lipinski definition) is 2. The van der Waals surface area contributed by atoms with Crippen LogP contribution in [0.1, 0.15) is 20.3 Å². The van der Waals surface area contributed by atoms with Crippen LogP contribution in [0.4, 0.5) is 0 Å². The lowest BCUT2D eigenvalue weighted by atomic mass is 10.0. The molecule has 0 aromatic rings. The van der Waals surface area contributed by atoms with E-state index in [4.69, 9.17) is 5.11 Å². The van der Waals surface area contributed by atoms with Crippen molar-refractivity contribution in [1.29, 1.82) is 0 Å². The topological polar surface area (TPSA) is 54.4 Å². The van der Waals surface area contributed by atoms with Gasteiger partial charge in [0.1, 0.15) is 5.78 Å². The van der Waals surface area contributed by atoms with Crippen LogP contribution in [0.3, 0.4) is 0 Å². The molecule has 1 aliphatic carbocycles. The molecule has 0 heterocycles. The molecule has 1 N–H and O–H groups in total. The maximum absolute atomic E-state index is 11.2. The van der Waals surface area contributed by atoms with Crippen LogP contribution in [0.25, 0.3) is 0 Å².